The number of ether oxygens (including phenoxy) is 1. The van der Waals surface area contributed by atoms with Gasteiger partial charge in [-0.1, -0.05) is 34.6 Å². The van der Waals surface area contributed by atoms with Crippen molar-refractivity contribution in [3.8, 4) is 0 Å². The lowest BCUT2D eigenvalue weighted by Crippen LogP contribution is -2.44. The monoisotopic (exact) mass is 340 g/mol. The van der Waals surface area contributed by atoms with Crippen molar-refractivity contribution in [1.29, 1.82) is 0 Å². The molecule has 1 aliphatic carbocycles. The molecule has 1 N–H and O–H groups in total. The molecule has 1 aliphatic heterocycles. The summed E-state index contributed by atoms with van der Waals surface area (Å²) in [5.41, 5.74) is 0. The summed E-state index contributed by atoms with van der Waals surface area (Å²) in [5.74, 6) is 0.815. The van der Waals surface area contributed by atoms with E-state index in [4.69, 9.17) is 9.16 Å². The van der Waals surface area contributed by atoms with Crippen LogP contribution in [0.5, 0.6) is 0 Å². The van der Waals surface area contributed by atoms with E-state index in [-0.39, 0.29) is 22.7 Å². The lowest BCUT2D eigenvalue weighted by Gasteiger charge is -2.39. The highest BCUT2D eigenvalue weighted by molar-refractivity contribution is 6.74. The van der Waals surface area contributed by atoms with Crippen molar-refractivity contribution in [3.63, 3.8) is 0 Å². The van der Waals surface area contributed by atoms with E-state index in [2.05, 4.69) is 53.8 Å². The minimum absolute atomic E-state index is 0.0448. The predicted molar refractivity (Wildman–Crippen MR) is 93.6 cm³/mol. The number of carbonyl (C=O) groups excluding carboxylic acids is 1. The number of carbonyl (C=O) groups is 1. The van der Waals surface area contributed by atoms with Crippen LogP contribution < -0.4 is 0 Å². The van der Waals surface area contributed by atoms with E-state index in [0.29, 0.717) is 18.3 Å². The van der Waals surface area contributed by atoms with Gasteiger partial charge in [0.25, 0.3) is 0 Å². The average molecular weight is 341 g/mol. The maximum atomic E-state index is 12.7. The SMILES string of the molecule is CC(C)[C@H]1C=C(O[Si](C)(C)C(C)(C)C)[C@@H]2OCC[C@H]1C(O)C2=O. The van der Waals surface area contributed by atoms with Crippen molar-refractivity contribution in [2.45, 2.75) is 71.4 Å². The fourth-order valence-corrected chi connectivity index (χ4v) is 4.25. The number of ketones is 1. The van der Waals surface area contributed by atoms with E-state index in [1.165, 1.54) is 0 Å². The minimum atomic E-state index is -2.07. The maximum Gasteiger partial charge on any atom is 0.250 e. The summed E-state index contributed by atoms with van der Waals surface area (Å²) < 4.78 is 12.2. The smallest absolute Gasteiger partial charge is 0.250 e. The zero-order valence-electron chi connectivity index (χ0n) is 15.6. The molecule has 2 bridgehead atoms. The summed E-state index contributed by atoms with van der Waals surface area (Å²) in [5, 5.41) is 10.6. The van der Waals surface area contributed by atoms with Crippen LogP contribution in [0.25, 0.3) is 0 Å². The van der Waals surface area contributed by atoms with Crippen LogP contribution in [0.1, 0.15) is 41.0 Å². The van der Waals surface area contributed by atoms with Crippen molar-refractivity contribution >= 4 is 14.1 Å². The van der Waals surface area contributed by atoms with E-state index in [9.17, 15) is 9.90 Å². The first-order valence-corrected chi connectivity index (χ1v) is 11.6. The number of hydrogen-bond acceptors (Lipinski definition) is 4. The quantitative estimate of drug-likeness (QED) is 0.799. The minimum Gasteiger partial charge on any atom is -0.544 e. The van der Waals surface area contributed by atoms with Gasteiger partial charge in [0.05, 0.1) is 0 Å². The van der Waals surface area contributed by atoms with Gasteiger partial charge in [-0.15, -0.1) is 0 Å². The Hall–Kier alpha value is -0.653. The number of aliphatic hydroxyl groups is 1. The topological polar surface area (TPSA) is 55.8 Å². The van der Waals surface area contributed by atoms with Gasteiger partial charge in [-0.25, -0.2) is 0 Å². The Bertz CT molecular complexity index is 490. The molecule has 1 saturated heterocycles. The molecule has 23 heavy (non-hydrogen) atoms. The van der Waals surface area contributed by atoms with Gasteiger partial charge in [0.1, 0.15) is 11.9 Å². The fourth-order valence-electron chi connectivity index (χ4n) is 3.18. The summed E-state index contributed by atoms with van der Waals surface area (Å²) in [6.07, 6.45) is 1.10. The highest BCUT2D eigenvalue weighted by Crippen LogP contribution is 2.42. The van der Waals surface area contributed by atoms with Crippen LogP contribution in [0, 0.1) is 17.8 Å². The van der Waals surface area contributed by atoms with Gasteiger partial charge >= 0.3 is 0 Å². The van der Waals surface area contributed by atoms with E-state index < -0.39 is 20.5 Å². The van der Waals surface area contributed by atoms with E-state index in [0.717, 1.165) is 6.42 Å². The van der Waals surface area contributed by atoms with Crippen LogP contribution in [-0.2, 0) is 14.0 Å². The Morgan fingerprint density at radius 3 is 2.48 bits per heavy atom. The number of fused-ring (bicyclic) bond motifs is 3. The largest absolute Gasteiger partial charge is 0.544 e. The Labute approximate surface area is 141 Å². The Balaban J connectivity index is 2.43. The summed E-state index contributed by atoms with van der Waals surface area (Å²) >= 11 is 0. The second-order valence-corrected chi connectivity index (χ2v) is 13.5. The number of Topliss-reactive ketones (excluding diaryl/α,β-unsaturated/α-hetero) is 1. The lowest BCUT2D eigenvalue weighted by atomic mass is 9.78. The molecule has 0 aromatic carbocycles. The van der Waals surface area contributed by atoms with E-state index in [1.54, 1.807) is 0 Å². The van der Waals surface area contributed by atoms with Crippen LogP contribution >= 0.6 is 0 Å². The average Bonchev–Trinajstić information content (AvgIpc) is 2.57. The van der Waals surface area contributed by atoms with Crippen molar-refractivity contribution in [2.75, 3.05) is 6.61 Å². The summed E-state index contributed by atoms with van der Waals surface area (Å²) in [4.78, 5) is 12.7. The highest BCUT2D eigenvalue weighted by Gasteiger charge is 2.47. The Kier molecular flexibility index (Phi) is 5.15. The molecule has 0 spiro atoms. The Morgan fingerprint density at radius 1 is 1.35 bits per heavy atom. The van der Waals surface area contributed by atoms with Gasteiger partial charge in [0, 0.05) is 12.5 Å². The molecular formula is C18H32O4Si. The zero-order valence-corrected chi connectivity index (χ0v) is 16.6. The van der Waals surface area contributed by atoms with Gasteiger partial charge in [-0.05, 0) is 42.5 Å². The van der Waals surface area contributed by atoms with Crippen LogP contribution in [0.3, 0.4) is 0 Å². The molecular weight excluding hydrogens is 308 g/mol. The predicted octanol–water partition coefficient (Wildman–Crippen LogP) is 3.51. The first kappa shape index (κ1) is 18.7. The van der Waals surface area contributed by atoms with Crippen LogP contribution in [0.2, 0.25) is 18.1 Å². The third-order valence-electron chi connectivity index (χ3n) is 5.75. The summed E-state index contributed by atoms with van der Waals surface area (Å²) in [6.45, 7) is 15.7. The van der Waals surface area contributed by atoms with Crippen LogP contribution in [0.4, 0.5) is 0 Å². The van der Waals surface area contributed by atoms with Gasteiger partial charge < -0.3 is 14.3 Å². The molecule has 2 aliphatic rings. The molecule has 1 heterocycles. The van der Waals surface area contributed by atoms with Crippen molar-refractivity contribution in [1.82, 2.24) is 0 Å². The summed E-state index contributed by atoms with van der Waals surface area (Å²) in [6, 6.07) is 0. The second kappa shape index (κ2) is 6.34. The molecule has 4 atom stereocenters. The van der Waals surface area contributed by atoms with Crippen LogP contribution in [-0.4, -0.2) is 38.0 Å². The van der Waals surface area contributed by atoms with Gasteiger partial charge in [0.15, 0.2) is 11.9 Å². The van der Waals surface area contributed by atoms with Crippen molar-refractivity contribution < 1.29 is 19.1 Å². The molecule has 0 aromatic rings. The highest BCUT2D eigenvalue weighted by atomic mass is 28.4. The normalized spacial score (nSPS) is 32.6. The molecule has 0 amide bonds. The fraction of sp³-hybridized carbons (Fsp3) is 0.833. The molecule has 1 fully saturated rings. The molecule has 0 aromatic heterocycles. The number of rotatable bonds is 3. The number of hydrogen-bond donors (Lipinski definition) is 1. The molecule has 1 unspecified atom stereocenters. The maximum absolute atomic E-state index is 12.7. The first-order valence-electron chi connectivity index (χ1n) is 8.70. The molecule has 0 saturated carbocycles. The van der Waals surface area contributed by atoms with E-state index >= 15 is 0 Å². The van der Waals surface area contributed by atoms with Crippen molar-refractivity contribution in [2.24, 2.45) is 17.8 Å². The third kappa shape index (κ3) is 3.56. The lowest BCUT2D eigenvalue weighted by molar-refractivity contribution is -0.137. The standard InChI is InChI=1S/C18H32O4Si/c1-11(2)13-10-14(22-23(6,7)18(3,4)5)17-16(20)15(19)12(13)8-9-21-17/h10-13,15,17,19H,8-9H2,1-7H3/t12-,13-,15?,17+/m1/s1. The first-order chi connectivity index (χ1) is 10.5. The number of aliphatic hydroxyl groups excluding tert-OH is 1. The second-order valence-electron chi connectivity index (χ2n) is 8.80. The number of allylic oxidation sites excluding steroid dienone is 1. The van der Waals surface area contributed by atoms with Gasteiger partial charge in [-0.2, -0.15) is 0 Å². The van der Waals surface area contributed by atoms with Crippen molar-refractivity contribution in [3.05, 3.63) is 11.8 Å². The zero-order chi connectivity index (χ0) is 17.6. The third-order valence-corrected chi connectivity index (χ3v) is 10.1. The molecule has 132 valence electrons. The van der Waals surface area contributed by atoms with E-state index in [1.807, 2.05) is 0 Å². The van der Waals surface area contributed by atoms with Gasteiger partial charge in [-0.3, -0.25) is 4.79 Å². The van der Waals surface area contributed by atoms with Crippen LogP contribution in [0.15, 0.2) is 11.8 Å². The molecule has 0 radical (unpaired) electrons. The molecule has 4 nitrogen and oxygen atoms in total. The molecule has 2 rings (SSSR count). The molecule has 5 heteroatoms. The summed E-state index contributed by atoms with van der Waals surface area (Å²) in [7, 11) is -2.07. The Morgan fingerprint density at radius 2 is 1.96 bits per heavy atom. The van der Waals surface area contributed by atoms with Gasteiger partial charge in [0.2, 0.25) is 8.32 Å².